The van der Waals surface area contributed by atoms with E-state index in [1.165, 1.54) is 22.4 Å². The average molecular weight is 344 g/mol. The molecular weight excluding hydrogens is 325 g/mol. The van der Waals surface area contributed by atoms with Gasteiger partial charge < -0.3 is 5.32 Å². The number of aryl methyl sites for hydroxylation is 1. The summed E-state index contributed by atoms with van der Waals surface area (Å²) in [5.74, 6) is 0.963. The van der Waals surface area contributed by atoms with Crippen LogP contribution in [0.3, 0.4) is 0 Å². The van der Waals surface area contributed by atoms with Crippen LogP contribution in [0.25, 0.3) is 0 Å². The molecular formula is C20H19Cl2N. The predicted molar refractivity (Wildman–Crippen MR) is 98.7 cm³/mol. The molecule has 23 heavy (non-hydrogen) atoms. The lowest BCUT2D eigenvalue weighted by Crippen LogP contribution is -2.30. The summed E-state index contributed by atoms with van der Waals surface area (Å²) in [6, 6.07) is 10.6. The second kappa shape index (κ2) is 5.58. The smallest absolute Gasteiger partial charge is 0.0568 e. The first-order valence-corrected chi connectivity index (χ1v) is 8.80. The lowest BCUT2D eigenvalue weighted by molar-refractivity contribution is 0.425. The lowest BCUT2D eigenvalue weighted by Gasteiger charge is -2.39. The van der Waals surface area contributed by atoms with Gasteiger partial charge in [-0.05, 0) is 60.6 Å². The Morgan fingerprint density at radius 3 is 2.61 bits per heavy atom. The van der Waals surface area contributed by atoms with Gasteiger partial charge in [0.2, 0.25) is 0 Å². The van der Waals surface area contributed by atoms with Crippen LogP contribution in [0.2, 0.25) is 10.0 Å². The van der Waals surface area contributed by atoms with Gasteiger partial charge in [0.05, 0.1) is 6.04 Å². The SMILES string of the molecule is Cc1ccc2c(c1C)N[C@@H](c1ccc(Cl)cc1Cl)[C@H]1CC=C[C@@H]21. The van der Waals surface area contributed by atoms with Crippen LogP contribution < -0.4 is 5.32 Å². The van der Waals surface area contributed by atoms with Crippen molar-refractivity contribution in [1.29, 1.82) is 0 Å². The maximum atomic E-state index is 6.51. The van der Waals surface area contributed by atoms with Crippen molar-refractivity contribution in [3.8, 4) is 0 Å². The van der Waals surface area contributed by atoms with Crippen LogP contribution in [0.15, 0.2) is 42.5 Å². The molecule has 0 amide bonds. The number of allylic oxidation sites excluding steroid dienone is 2. The average Bonchev–Trinajstić information content (AvgIpc) is 3.00. The van der Waals surface area contributed by atoms with E-state index < -0.39 is 0 Å². The number of benzene rings is 2. The summed E-state index contributed by atoms with van der Waals surface area (Å²) in [6.07, 6.45) is 5.74. The van der Waals surface area contributed by atoms with Gasteiger partial charge in [-0.25, -0.2) is 0 Å². The van der Waals surface area contributed by atoms with E-state index in [1.54, 1.807) is 0 Å². The summed E-state index contributed by atoms with van der Waals surface area (Å²) in [5, 5.41) is 5.21. The first kappa shape index (κ1) is 15.1. The van der Waals surface area contributed by atoms with Gasteiger partial charge >= 0.3 is 0 Å². The Labute approximate surface area is 147 Å². The first-order chi connectivity index (χ1) is 11.1. The Morgan fingerprint density at radius 1 is 1.04 bits per heavy atom. The number of fused-ring (bicyclic) bond motifs is 3. The molecule has 2 aromatic rings. The zero-order valence-electron chi connectivity index (χ0n) is 13.2. The van der Waals surface area contributed by atoms with Crippen molar-refractivity contribution in [2.45, 2.75) is 32.2 Å². The third-order valence-corrected chi connectivity index (χ3v) is 5.93. The van der Waals surface area contributed by atoms with E-state index in [0.29, 0.717) is 16.9 Å². The Kier molecular flexibility index (Phi) is 3.66. The summed E-state index contributed by atoms with van der Waals surface area (Å²) in [7, 11) is 0. The molecule has 0 aromatic heterocycles. The number of rotatable bonds is 1. The molecule has 3 atom stereocenters. The van der Waals surface area contributed by atoms with Gasteiger partial charge in [-0.2, -0.15) is 0 Å². The number of hydrogen-bond donors (Lipinski definition) is 1. The quantitative estimate of drug-likeness (QED) is 0.587. The Bertz CT molecular complexity index is 810. The fourth-order valence-electron chi connectivity index (χ4n) is 3.98. The zero-order chi connectivity index (χ0) is 16.1. The maximum Gasteiger partial charge on any atom is 0.0568 e. The van der Waals surface area contributed by atoms with Crippen molar-refractivity contribution in [3.63, 3.8) is 0 Å². The molecule has 1 nitrogen and oxygen atoms in total. The molecule has 0 fully saturated rings. The fraction of sp³-hybridized carbons (Fsp3) is 0.300. The van der Waals surface area contributed by atoms with Crippen molar-refractivity contribution in [1.82, 2.24) is 0 Å². The molecule has 2 aromatic carbocycles. The third-order valence-electron chi connectivity index (χ3n) is 5.37. The van der Waals surface area contributed by atoms with Gasteiger partial charge in [-0.3, -0.25) is 0 Å². The van der Waals surface area contributed by atoms with Crippen LogP contribution in [0.5, 0.6) is 0 Å². The van der Waals surface area contributed by atoms with Gasteiger partial charge in [0.1, 0.15) is 0 Å². The molecule has 4 rings (SSSR count). The van der Waals surface area contributed by atoms with E-state index >= 15 is 0 Å². The lowest BCUT2D eigenvalue weighted by atomic mass is 9.76. The molecule has 0 spiro atoms. The Hall–Kier alpha value is -1.44. The van der Waals surface area contributed by atoms with Crippen LogP contribution in [0, 0.1) is 19.8 Å². The van der Waals surface area contributed by atoms with E-state index in [0.717, 1.165) is 17.0 Å². The van der Waals surface area contributed by atoms with Crippen LogP contribution in [0.1, 0.15) is 40.6 Å². The molecule has 1 aliphatic carbocycles. The van der Waals surface area contributed by atoms with Crippen molar-refractivity contribution in [2.75, 3.05) is 5.32 Å². The van der Waals surface area contributed by atoms with Crippen molar-refractivity contribution in [2.24, 2.45) is 5.92 Å². The molecule has 0 saturated heterocycles. The standard InChI is InChI=1S/C20H19Cl2N/c1-11-6-8-16-14-4-3-5-15(14)20(23-19(16)12(11)2)17-9-7-13(21)10-18(17)22/h3-4,6-10,14-15,20,23H,5H2,1-2H3/t14-,15+,20-/m1/s1. The topological polar surface area (TPSA) is 12.0 Å². The largest absolute Gasteiger partial charge is 0.377 e. The van der Waals surface area contributed by atoms with Crippen molar-refractivity contribution >= 4 is 28.9 Å². The van der Waals surface area contributed by atoms with Crippen LogP contribution in [-0.2, 0) is 0 Å². The molecule has 118 valence electrons. The van der Waals surface area contributed by atoms with Crippen LogP contribution >= 0.6 is 23.2 Å². The monoisotopic (exact) mass is 343 g/mol. The maximum absolute atomic E-state index is 6.51. The highest BCUT2D eigenvalue weighted by Gasteiger charge is 2.39. The normalized spacial score (nSPS) is 25.0. The number of halogens is 2. The van der Waals surface area contributed by atoms with Gasteiger partial charge in [0.15, 0.2) is 0 Å². The molecule has 3 heteroatoms. The van der Waals surface area contributed by atoms with E-state index in [4.69, 9.17) is 23.2 Å². The zero-order valence-corrected chi connectivity index (χ0v) is 14.7. The highest BCUT2D eigenvalue weighted by Crippen LogP contribution is 2.51. The van der Waals surface area contributed by atoms with Crippen LogP contribution in [0.4, 0.5) is 5.69 Å². The van der Waals surface area contributed by atoms with Gasteiger partial charge in [-0.1, -0.05) is 53.6 Å². The number of hydrogen-bond acceptors (Lipinski definition) is 1. The summed E-state index contributed by atoms with van der Waals surface area (Å²) < 4.78 is 0. The third kappa shape index (κ3) is 2.38. The predicted octanol–water partition coefficient (Wildman–Crippen LogP) is 6.44. The second-order valence-electron chi connectivity index (χ2n) is 6.61. The Morgan fingerprint density at radius 2 is 1.83 bits per heavy atom. The molecule has 0 radical (unpaired) electrons. The fourth-order valence-corrected chi connectivity index (χ4v) is 4.51. The van der Waals surface area contributed by atoms with Gasteiger partial charge in [0, 0.05) is 21.7 Å². The summed E-state index contributed by atoms with van der Waals surface area (Å²) >= 11 is 12.6. The second-order valence-corrected chi connectivity index (χ2v) is 7.46. The minimum absolute atomic E-state index is 0.216. The van der Waals surface area contributed by atoms with Gasteiger partial charge in [0.25, 0.3) is 0 Å². The molecule has 1 aliphatic heterocycles. The highest BCUT2D eigenvalue weighted by atomic mass is 35.5. The molecule has 1 N–H and O–H groups in total. The van der Waals surface area contributed by atoms with Crippen molar-refractivity contribution < 1.29 is 0 Å². The molecule has 0 saturated carbocycles. The summed E-state index contributed by atoms with van der Waals surface area (Å²) in [6.45, 7) is 4.36. The molecule has 1 heterocycles. The minimum Gasteiger partial charge on any atom is -0.377 e. The van der Waals surface area contributed by atoms with Gasteiger partial charge in [-0.15, -0.1) is 0 Å². The first-order valence-electron chi connectivity index (χ1n) is 8.04. The Balaban J connectivity index is 1.85. The van der Waals surface area contributed by atoms with Crippen molar-refractivity contribution in [3.05, 3.63) is 74.8 Å². The van der Waals surface area contributed by atoms with Crippen LogP contribution in [-0.4, -0.2) is 0 Å². The minimum atomic E-state index is 0.216. The number of nitrogens with one attached hydrogen (secondary N) is 1. The highest BCUT2D eigenvalue weighted by molar-refractivity contribution is 6.35. The van der Waals surface area contributed by atoms with E-state index in [-0.39, 0.29) is 6.04 Å². The molecule has 2 aliphatic rings. The summed E-state index contributed by atoms with van der Waals surface area (Å²) in [5.41, 5.74) is 6.47. The summed E-state index contributed by atoms with van der Waals surface area (Å²) in [4.78, 5) is 0. The van der Waals surface area contributed by atoms with E-state index in [9.17, 15) is 0 Å². The van der Waals surface area contributed by atoms with E-state index in [2.05, 4.69) is 49.5 Å². The van der Waals surface area contributed by atoms with E-state index in [1.807, 2.05) is 12.1 Å². The molecule has 0 unspecified atom stereocenters. The number of anilines is 1. The molecule has 0 bridgehead atoms.